The number of carbonyl (C=O) groups excluding carboxylic acids is 5. The molecular weight excluding hydrogens is 887 g/mol. The summed E-state index contributed by atoms with van der Waals surface area (Å²) in [4.78, 5) is 72.3. The molecule has 3 aliphatic heterocycles. The second kappa shape index (κ2) is 25.7. The van der Waals surface area contributed by atoms with Crippen LogP contribution < -0.4 is 0 Å². The van der Waals surface area contributed by atoms with Crippen LogP contribution >= 0.6 is 0 Å². The molecule has 1 unspecified atom stereocenters. The number of rotatable bonds is 7. The number of carbonyl (C=O) groups is 5. The number of fused-ring (bicyclic) bond motifs is 3. The Balaban J connectivity index is 1.46. The molecule has 4 heterocycles. The maximum atomic E-state index is 14.5. The van der Waals surface area contributed by atoms with Crippen molar-refractivity contribution in [2.24, 2.45) is 35.5 Å². The molecule has 4 aliphatic rings. The molecule has 0 spiro atoms. The first kappa shape index (κ1) is 55.7. The van der Waals surface area contributed by atoms with E-state index in [0.29, 0.717) is 56.9 Å². The molecule has 17 heteroatoms. The van der Waals surface area contributed by atoms with Crippen LogP contribution in [0, 0.1) is 35.5 Å². The van der Waals surface area contributed by atoms with Crippen molar-refractivity contribution in [3.8, 4) is 0 Å². The van der Waals surface area contributed by atoms with Gasteiger partial charge in [0.2, 0.25) is 5.79 Å². The molecule has 15 atom stereocenters. The van der Waals surface area contributed by atoms with Crippen LogP contribution in [0.5, 0.6) is 0 Å². The number of aliphatic hydroxyl groups excluding tert-OH is 1. The van der Waals surface area contributed by atoms with Crippen molar-refractivity contribution in [2.45, 2.75) is 180 Å². The fraction of sp³-hybridized carbons (Fsp3) is 0.731. The molecule has 1 saturated carbocycles. The topological polar surface area (TPSA) is 219 Å². The molecule has 2 bridgehead atoms. The van der Waals surface area contributed by atoms with Gasteiger partial charge in [-0.05, 0) is 117 Å². The lowest BCUT2D eigenvalue weighted by Crippen LogP contribution is -2.61. The van der Waals surface area contributed by atoms with Crippen LogP contribution in [0.4, 0.5) is 0 Å². The predicted octanol–water partition coefficient (Wildman–Crippen LogP) is 6.05. The largest absolute Gasteiger partial charge is 0.460 e. The quantitative estimate of drug-likeness (QED) is 0.181. The minimum atomic E-state index is -2.43. The van der Waals surface area contributed by atoms with Gasteiger partial charge in [0.1, 0.15) is 36.5 Å². The molecule has 2 N–H and O–H groups in total. The minimum absolute atomic E-state index is 0.0170. The van der Waals surface area contributed by atoms with Gasteiger partial charge in [0.15, 0.2) is 5.78 Å². The van der Waals surface area contributed by atoms with Crippen molar-refractivity contribution in [3.63, 3.8) is 0 Å². The average Bonchev–Trinajstić information content (AvgIpc) is 3.88. The van der Waals surface area contributed by atoms with Crippen molar-refractivity contribution < 1.29 is 57.9 Å². The number of cyclic esters (lactones) is 1. The maximum absolute atomic E-state index is 14.5. The monoisotopic (exact) mass is 966 g/mol. The molecule has 1 amide bonds. The summed E-state index contributed by atoms with van der Waals surface area (Å²) in [6.45, 7) is 12.8. The second-order valence-corrected chi connectivity index (χ2v) is 20.4. The molecule has 0 aromatic carbocycles. The van der Waals surface area contributed by atoms with Crippen molar-refractivity contribution >= 4 is 29.2 Å². The zero-order valence-electron chi connectivity index (χ0n) is 42.5. The molecule has 0 radical (unpaired) electrons. The molecule has 5 rings (SSSR count). The van der Waals surface area contributed by atoms with Crippen molar-refractivity contribution in [2.75, 3.05) is 27.9 Å². The number of hydrogen-bond acceptors (Lipinski definition) is 15. The van der Waals surface area contributed by atoms with Gasteiger partial charge in [0.05, 0.1) is 24.4 Å². The van der Waals surface area contributed by atoms with E-state index in [1.807, 2.05) is 58.1 Å². The number of Topliss-reactive ketones (excluding diaryl/α,β-unsaturated/α-hetero) is 3. The maximum Gasteiger partial charge on any atom is 0.329 e. The highest BCUT2D eigenvalue weighted by atomic mass is 16.6. The standard InChI is InChI=1S/C52H79N5O12/c1-31-16-12-11-13-17-32(2)43(65-8)28-39-21-19-37(7)52(64,69-39)49(61)50(62)56-23-15-14-18-41(56)51(63)68-44(34(4)26-38-20-22-40(45(27-38)66-9)57-30-53-54-55-57)29-42(58)33(3)25-36(6)47(60)48(67-10)46(59)35(5)24-31/h11-13,16-17,25,30-31,33-35,37-41,43-45,47-48,60,64H,14-15,18-24,26-29H2,1-10H3/b13-11?,16-12+,32-17?,36-25+/t31-,33-,34-,35+,37-,38+,39+,40+,41+,43+,44+,45-,47-,48+,52?/m1/s1. The van der Waals surface area contributed by atoms with E-state index in [-0.39, 0.29) is 60.9 Å². The number of hydrogen-bond donors (Lipinski definition) is 2. The van der Waals surface area contributed by atoms with Gasteiger partial charge < -0.3 is 38.8 Å². The first-order chi connectivity index (χ1) is 32.8. The molecule has 1 aliphatic carbocycles. The van der Waals surface area contributed by atoms with Gasteiger partial charge in [0, 0.05) is 58.5 Å². The third-order valence-electron chi connectivity index (χ3n) is 15.2. The number of aliphatic hydroxyl groups is 2. The van der Waals surface area contributed by atoms with E-state index < -0.39 is 77.8 Å². The molecule has 17 nitrogen and oxygen atoms in total. The molecule has 69 heavy (non-hydrogen) atoms. The molecule has 2 saturated heterocycles. The third-order valence-corrected chi connectivity index (χ3v) is 15.2. The number of piperidine rings is 1. The number of ketones is 3. The Labute approximate surface area is 408 Å². The fourth-order valence-electron chi connectivity index (χ4n) is 10.7. The summed E-state index contributed by atoms with van der Waals surface area (Å²) >= 11 is 0. The number of esters is 1. The van der Waals surface area contributed by atoms with E-state index in [0.717, 1.165) is 18.4 Å². The first-order valence-electron chi connectivity index (χ1n) is 25.0. The Kier molecular flexibility index (Phi) is 20.8. The Morgan fingerprint density at radius 1 is 0.884 bits per heavy atom. The van der Waals surface area contributed by atoms with Gasteiger partial charge in [-0.15, -0.1) is 5.10 Å². The van der Waals surface area contributed by atoms with Crippen LogP contribution in [0.15, 0.2) is 53.9 Å². The Hall–Kier alpha value is -4.26. The number of amides is 1. The van der Waals surface area contributed by atoms with Gasteiger partial charge >= 0.3 is 5.97 Å². The van der Waals surface area contributed by atoms with E-state index in [9.17, 15) is 34.2 Å². The van der Waals surface area contributed by atoms with Crippen molar-refractivity contribution in [1.29, 1.82) is 0 Å². The lowest BCUT2D eigenvalue weighted by atomic mass is 9.77. The average molecular weight is 966 g/mol. The number of tetrazole rings is 1. The van der Waals surface area contributed by atoms with Crippen LogP contribution in [0.3, 0.4) is 0 Å². The SMILES string of the molecule is CO[C@H]1C[C@@H]2CC[C@@H](C)C(O)(O2)C(=O)C(=O)N2CCCC[C@H]2C(=O)O[C@H]([C@H](C)C[C@@H]2CC[C@H](n3cnnn3)[C@H](OC)C2)CC(=O)[C@H](C)/C=C(\C)[C@@H](O)[C@@H](OC)C(=O)[C@@H](C)C[C@H](C)/C=C/C=CC=C1C. The van der Waals surface area contributed by atoms with E-state index in [4.69, 9.17) is 23.7 Å². The molecular formula is C52H79N5O12. The van der Waals surface area contributed by atoms with Gasteiger partial charge in [-0.3, -0.25) is 19.2 Å². The Morgan fingerprint density at radius 2 is 1.64 bits per heavy atom. The molecule has 384 valence electrons. The van der Waals surface area contributed by atoms with Crippen LogP contribution in [0.1, 0.15) is 132 Å². The van der Waals surface area contributed by atoms with Crippen LogP contribution in [-0.2, 0) is 47.7 Å². The summed E-state index contributed by atoms with van der Waals surface area (Å²) in [5.41, 5.74) is 1.27. The molecule has 3 fully saturated rings. The first-order valence-corrected chi connectivity index (χ1v) is 25.0. The zero-order valence-corrected chi connectivity index (χ0v) is 42.5. The normalized spacial score (nSPS) is 37.5. The minimum Gasteiger partial charge on any atom is -0.460 e. The van der Waals surface area contributed by atoms with E-state index in [1.165, 1.54) is 12.0 Å². The Bertz CT molecular complexity index is 2020. The van der Waals surface area contributed by atoms with Crippen molar-refractivity contribution in [3.05, 3.63) is 53.9 Å². The van der Waals surface area contributed by atoms with E-state index in [2.05, 4.69) is 15.5 Å². The van der Waals surface area contributed by atoms with E-state index >= 15 is 0 Å². The van der Waals surface area contributed by atoms with Gasteiger partial charge in [0.25, 0.3) is 11.7 Å². The zero-order chi connectivity index (χ0) is 50.6. The second-order valence-electron chi connectivity index (χ2n) is 20.4. The molecule has 1 aromatic heterocycles. The summed E-state index contributed by atoms with van der Waals surface area (Å²) in [6.07, 6.45) is 13.9. The number of allylic oxidation sites excluding steroid dienone is 6. The highest BCUT2D eigenvalue weighted by Crippen LogP contribution is 2.39. The lowest BCUT2D eigenvalue weighted by molar-refractivity contribution is -0.265. The third kappa shape index (κ3) is 14.2. The van der Waals surface area contributed by atoms with Gasteiger partial charge in [-0.1, -0.05) is 71.1 Å². The molecule has 1 aromatic rings. The highest BCUT2D eigenvalue weighted by molar-refractivity contribution is 6.39. The predicted molar refractivity (Wildman–Crippen MR) is 256 cm³/mol. The smallest absolute Gasteiger partial charge is 0.329 e. The van der Waals surface area contributed by atoms with Crippen LogP contribution in [-0.4, -0.2) is 141 Å². The summed E-state index contributed by atoms with van der Waals surface area (Å²) in [5, 5.41) is 35.2. The number of aromatic nitrogens is 4. The van der Waals surface area contributed by atoms with E-state index in [1.54, 1.807) is 52.1 Å². The van der Waals surface area contributed by atoms with Crippen LogP contribution in [0.25, 0.3) is 0 Å². The summed E-state index contributed by atoms with van der Waals surface area (Å²) < 4.78 is 31.6. The highest BCUT2D eigenvalue weighted by Gasteiger charge is 2.53. The fourth-order valence-corrected chi connectivity index (χ4v) is 10.7. The summed E-state index contributed by atoms with van der Waals surface area (Å²) in [5.74, 6) is -7.92. The number of nitrogens with zero attached hydrogens (tertiary/aromatic N) is 5. The van der Waals surface area contributed by atoms with Gasteiger partial charge in [-0.2, -0.15) is 0 Å². The lowest BCUT2D eigenvalue weighted by Gasteiger charge is -2.42. The van der Waals surface area contributed by atoms with Crippen molar-refractivity contribution in [1.82, 2.24) is 25.1 Å². The van der Waals surface area contributed by atoms with Crippen LogP contribution in [0.2, 0.25) is 0 Å². The van der Waals surface area contributed by atoms with Gasteiger partial charge in [-0.25, -0.2) is 9.48 Å². The number of ether oxygens (including phenoxy) is 5. The Morgan fingerprint density at radius 3 is 2.32 bits per heavy atom. The number of methoxy groups -OCH3 is 3. The summed E-state index contributed by atoms with van der Waals surface area (Å²) in [6, 6.07) is -1.19. The summed E-state index contributed by atoms with van der Waals surface area (Å²) in [7, 11) is 4.62.